The smallest absolute Gasteiger partial charge is 0.224 e. The van der Waals surface area contributed by atoms with Crippen LogP contribution in [0.1, 0.15) is 54.7 Å². The Kier molecular flexibility index (Phi) is 8.09. The predicted octanol–water partition coefficient (Wildman–Crippen LogP) is 7.50. The molecule has 184 valence electrons. The van der Waals surface area contributed by atoms with Gasteiger partial charge in [-0.05, 0) is 65.8 Å². The number of thiazole rings is 1. The van der Waals surface area contributed by atoms with Crippen molar-refractivity contribution in [2.24, 2.45) is 5.92 Å². The van der Waals surface area contributed by atoms with Crippen molar-refractivity contribution in [1.82, 2.24) is 10.3 Å². The van der Waals surface area contributed by atoms with Gasteiger partial charge in [0.2, 0.25) is 5.91 Å². The highest BCUT2D eigenvalue weighted by atomic mass is 32.1. The van der Waals surface area contributed by atoms with E-state index in [0.717, 1.165) is 44.2 Å². The van der Waals surface area contributed by atoms with Gasteiger partial charge in [-0.3, -0.25) is 4.79 Å². The maximum absolute atomic E-state index is 13.0. The normalized spacial score (nSPS) is 14.6. The van der Waals surface area contributed by atoms with E-state index in [1.165, 1.54) is 32.1 Å². The third-order valence-electron chi connectivity index (χ3n) is 6.70. The van der Waals surface area contributed by atoms with E-state index in [-0.39, 0.29) is 5.91 Å². The van der Waals surface area contributed by atoms with Crippen molar-refractivity contribution in [3.63, 3.8) is 0 Å². The highest BCUT2D eigenvalue weighted by Crippen LogP contribution is 2.31. The number of nitrogens with zero attached hydrogens (tertiary/aromatic N) is 1. The lowest BCUT2D eigenvalue weighted by molar-refractivity contribution is -0.120. The van der Waals surface area contributed by atoms with Gasteiger partial charge in [0.05, 0.1) is 16.6 Å². The minimum atomic E-state index is 0.0638. The van der Waals surface area contributed by atoms with E-state index in [4.69, 9.17) is 9.72 Å². The van der Waals surface area contributed by atoms with E-state index in [1.807, 2.05) is 60.7 Å². The number of carbonyl (C=O) groups excluding carboxylic acids is 1. The number of para-hydroxylation sites is 1. The molecule has 0 bridgehead atoms. The molecule has 5 heteroatoms. The quantitative estimate of drug-likeness (QED) is 0.261. The van der Waals surface area contributed by atoms with E-state index in [0.29, 0.717) is 18.9 Å². The summed E-state index contributed by atoms with van der Waals surface area (Å²) < 4.78 is 7.07. The van der Waals surface area contributed by atoms with Gasteiger partial charge in [-0.15, -0.1) is 11.3 Å². The number of hydrogen-bond donors (Lipinski definition) is 1. The Hall–Kier alpha value is -3.44. The van der Waals surface area contributed by atoms with Gasteiger partial charge in [0, 0.05) is 6.54 Å². The first-order valence-corrected chi connectivity index (χ1v) is 13.6. The molecule has 1 fully saturated rings. The third kappa shape index (κ3) is 6.61. The molecular weight excluding hydrogens is 464 g/mol. The first-order chi connectivity index (χ1) is 17.7. The van der Waals surface area contributed by atoms with Crippen LogP contribution in [0, 0.1) is 5.92 Å². The van der Waals surface area contributed by atoms with Gasteiger partial charge in [0.1, 0.15) is 17.4 Å². The first kappa shape index (κ1) is 24.3. The van der Waals surface area contributed by atoms with E-state index in [2.05, 4.69) is 29.6 Å². The van der Waals surface area contributed by atoms with Gasteiger partial charge in [-0.1, -0.05) is 73.9 Å². The van der Waals surface area contributed by atoms with Gasteiger partial charge in [0.25, 0.3) is 0 Å². The number of benzene rings is 3. The second kappa shape index (κ2) is 12.0. The van der Waals surface area contributed by atoms with Crippen molar-refractivity contribution in [3.05, 3.63) is 95.0 Å². The van der Waals surface area contributed by atoms with Crippen molar-refractivity contribution in [3.8, 4) is 5.75 Å². The van der Waals surface area contributed by atoms with Crippen molar-refractivity contribution in [2.75, 3.05) is 6.54 Å². The number of ether oxygens (including phenoxy) is 1. The van der Waals surface area contributed by atoms with Crippen LogP contribution in [0.5, 0.6) is 5.75 Å². The predicted molar refractivity (Wildman–Crippen MR) is 149 cm³/mol. The zero-order valence-electron chi connectivity index (χ0n) is 20.5. The monoisotopic (exact) mass is 496 g/mol. The van der Waals surface area contributed by atoms with Crippen molar-refractivity contribution in [1.29, 1.82) is 0 Å². The number of amides is 1. The number of hydrogen-bond acceptors (Lipinski definition) is 4. The van der Waals surface area contributed by atoms with Gasteiger partial charge >= 0.3 is 0 Å². The van der Waals surface area contributed by atoms with Crippen LogP contribution in [0.3, 0.4) is 0 Å². The van der Waals surface area contributed by atoms with Crippen LogP contribution >= 0.6 is 11.3 Å². The summed E-state index contributed by atoms with van der Waals surface area (Å²) in [6, 6.07) is 26.3. The largest absolute Gasteiger partial charge is 0.489 e. The molecule has 0 aliphatic heterocycles. The zero-order chi connectivity index (χ0) is 24.6. The van der Waals surface area contributed by atoms with Crippen molar-refractivity contribution in [2.45, 2.75) is 45.1 Å². The number of aromatic nitrogens is 1. The van der Waals surface area contributed by atoms with Gasteiger partial charge in [-0.2, -0.15) is 0 Å². The Morgan fingerprint density at radius 2 is 1.69 bits per heavy atom. The molecule has 5 rings (SSSR count). The number of nitrogens with one attached hydrogen (secondary N) is 1. The summed E-state index contributed by atoms with van der Waals surface area (Å²) in [5.74, 6) is 1.50. The Morgan fingerprint density at radius 1 is 0.944 bits per heavy atom. The molecule has 0 radical (unpaired) electrons. The minimum absolute atomic E-state index is 0.0638. The zero-order valence-corrected chi connectivity index (χ0v) is 21.3. The number of rotatable bonds is 9. The maximum atomic E-state index is 13.0. The van der Waals surface area contributed by atoms with Crippen LogP contribution in [0.15, 0.2) is 78.9 Å². The lowest BCUT2D eigenvalue weighted by atomic mass is 9.89. The lowest BCUT2D eigenvalue weighted by Crippen LogP contribution is -2.30. The summed E-state index contributed by atoms with van der Waals surface area (Å²) in [6.07, 6.45) is 8.73. The molecular formula is C31H32N2O2S. The molecule has 1 aliphatic rings. The molecule has 0 spiro atoms. The first-order valence-electron chi connectivity index (χ1n) is 12.8. The fraction of sp³-hybridized carbons (Fsp3) is 0.290. The molecule has 0 unspecified atom stereocenters. The molecule has 1 aromatic heterocycles. The summed E-state index contributed by atoms with van der Waals surface area (Å²) in [4.78, 5) is 17.8. The molecule has 1 aliphatic carbocycles. The van der Waals surface area contributed by atoms with Crippen LogP contribution in [0.2, 0.25) is 0 Å². The second-order valence-corrected chi connectivity index (χ2v) is 10.5. The molecule has 36 heavy (non-hydrogen) atoms. The van der Waals surface area contributed by atoms with Crippen molar-refractivity contribution >= 4 is 39.1 Å². The number of fused-ring (bicyclic) bond motifs is 1. The van der Waals surface area contributed by atoms with Crippen LogP contribution in [0.4, 0.5) is 0 Å². The van der Waals surface area contributed by atoms with E-state index in [9.17, 15) is 4.79 Å². The third-order valence-corrected chi connectivity index (χ3v) is 7.81. The van der Waals surface area contributed by atoms with Crippen LogP contribution in [-0.2, 0) is 11.4 Å². The molecule has 4 aromatic rings. The Balaban J connectivity index is 1.31. The van der Waals surface area contributed by atoms with E-state index < -0.39 is 0 Å². The summed E-state index contributed by atoms with van der Waals surface area (Å²) in [5.41, 5.74) is 4.07. The fourth-order valence-corrected chi connectivity index (χ4v) is 5.66. The van der Waals surface area contributed by atoms with Crippen LogP contribution < -0.4 is 10.1 Å². The average Bonchev–Trinajstić information content (AvgIpc) is 3.37. The fourth-order valence-electron chi connectivity index (χ4n) is 4.69. The molecule has 0 atom stereocenters. The standard InChI is InChI=1S/C31H32N2O2S/c34-30(32-21-24-9-3-1-4-10-24)20-26(31-33-28-13-7-8-14-29(28)36-31)19-23-15-17-27(18-16-23)35-22-25-11-5-2-6-12-25/h2,5-8,11-19,24H,1,3-4,9-10,20-22H2,(H,32,34). The molecule has 0 saturated heterocycles. The topological polar surface area (TPSA) is 51.2 Å². The maximum Gasteiger partial charge on any atom is 0.224 e. The minimum Gasteiger partial charge on any atom is -0.489 e. The second-order valence-electron chi connectivity index (χ2n) is 9.48. The van der Waals surface area contributed by atoms with Gasteiger partial charge < -0.3 is 10.1 Å². The Morgan fingerprint density at radius 3 is 2.47 bits per heavy atom. The van der Waals surface area contributed by atoms with E-state index in [1.54, 1.807) is 11.3 Å². The van der Waals surface area contributed by atoms with Crippen LogP contribution in [-0.4, -0.2) is 17.4 Å². The summed E-state index contributed by atoms with van der Waals surface area (Å²) in [6.45, 7) is 1.31. The molecule has 1 heterocycles. The Bertz CT molecular complexity index is 1270. The average molecular weight is 497 g/mol. The lowest BCUT2D eigenvalue weighted by Gasteiger charge is -2.21. The molecule has 1 saturated carbocycles. The molecule has 1 N–H and O–H groups in total. The van der Waals surface area contributed by atoms with Crippen molar-refractivity contribution < 1.29 is 9.53 Å². The van der Waals surface area contributed by atoms with Gasteiger partial charge in [0.15, 0.2) is 0 Å². The van der Waals surface area contributed by atoms with Crippen LogP contribution in [0.25, 0.3) is 21.9 Å². The summed E-state index contributed by atoms with van der Waals surface area (Å²) in [5, 5.41) is 4.09. The molecule has 4 nitrogen and oxygen atoms in total. The van der Waals surface area contributed by atoms with Gasteiger partial charge in [-0.25, -0.2) is 4.98 Å². The SMILES string of the molecule is O=C(CC(=Cc1ccc(OCc2ccccc2)cc1)c1nc2ccccc2s1)NCC1CCCCC1. The highest BCUT2D eigenvalue weighted by Gasteiger charge is 2.17. The molecule has 1 amide bonds. The molecule has 3 aromatic carbocycles. The summed E-state index contributed by atoms with van der Waals surface area (Å²) in [7, 11) is 0. The highest BCUT2D eigenvalue weighted by molar-refractivity contribution is 7.19. The Labute approximate surface area is 217 Å². The summed E-state index contributed by atoms with van der Waals surface area (Å²) >= 11 is 1.64. The number of carbonyl (C=O) groups is 1. The van der Waals surface area contributed by atoms with E-state index >= 15 is 0 Å².